The van der Waals surface area contributed by atoms with Gasteiger partial charge in [0.05, 0.1) is 30.5 Å². The van der Waals surface area contributed by atoms with Gasteiger partial charge in [0, 0.05) is 49.5 Å². The summed E-state index contributed by atoms with van der Waals surface area (Å²) in [5, 5.41) is 18.3. The minimum Gasteiger partial charge on any atom is -0.472 e. The first-order valence-corrected chi connectivity index (χ1v) is 11.3. The van der Waals surface area contributed by atoms with E-state index in [2.05, 4.69) is 15.5 Å². The van der Waals surface area contributed by atoms with Gasteiger partial charge in [-0.05, 0) is 42.3 Å². The van der Waals surface area contributed by atoms with Gasteiger partial charge in [0.1, 0.15) is 5.69 Å². The predicted octanol–water partition coefficient (Wildman–Crippen LogP) is 4.50. The summed E-state index contributed by atoms with van der Waals surface area (Å²) in [4.78, 5) is 26.0. The Morgan fingerprint density at radius 1 is 1.21 bits per heavy atom. The number of hydrogen-bond acceptors (Lipinski definition) is 8. The summed E-state index contributed by atoms with van der Waals surface area (Å²) >= 11 is 0. The van der Waals surface area contributed by atoms with E-state index in [1.165, 1.54) is 12.3 Å². The summed E-state index contributed by atoms with van der Waals surface area (Å²) in [6.45, 7) is 5.49. The number of rotatable bonds is 9. The number of piperazine rings is 1. The number of esters is 1. The van der Waals surface area contributed by atoms with Crippen molar-refractivity contribution in [1.29, 1.82) is 0 Å². The normalized spacial score (nSPS) is 15.0. The number of anilines is 2. The molecule has 9 heteroatoms. The molecule has 0 bridgehead atoms. The fraction of sp³-hybridized carbons (Fsp3) is 0.320. The first-order chi connectivity index (χ1) is 16.5. The zero-order valence-corrected chi connectivity index (χ0v) is 19.0. The molecule has 0 aliphatic carbocycles. The summed E-state index contributed by atoms with van der Waals surface area (Å²) < 4.78 is 10.3. The molecule has 0 radical (unpaired) electrons. The number of carbonyl (C=O) groups excluding carboxylic acids is 1. The van der Waals surface area contributed by atoms with Gasteiger partial charge in [0.2, 0.25) is 0 Å². The van der Waals surface area contributed by atoms with Crippen molar-refractivity contribution in [3.63, 3.8) is 0 Å². The number of nitro benzene ring substituents is 1. The van der Waals surface area contributed by atoms with Crippen molar-refractivity contribution in [2.24, 2.45) is 0 Å². The standard InChI is InChI=1S/C25H28N4O5/c1-2-34-25(30)16-23(28-11-9-26-10-12-28)19-4-3-5-21(14-19)27-22-7-6-18(15-24(22)29(31)32)20-8-13-33-17-20/h3-8,13-15,17,23,26-27H,2,9-12,16H2,1H3. The summed E-state index contributed by atoms with van der Waals surface area (Å²) in [6, 6.07) is 14.3. The maximum Gasteiger partial charge on any atom is 0.307 e. The van der Waals surface area contributed by atoms with Crippen LogP contribution in [-0.4, -0.2) is 48.6 Å². The highest BCUT2D eigenvalue weighted by Gasteiger charge is 2.26. The molecule has 1 aliphatic heterocycles. The van der Waals surface area contributed by atoms with E-state index in [-0.39, 0.29) is 24.1 Å². The van der Waals surface area contributed by atoms with E-state index in [9.17, 15) is 14.9 Å². The van der Waals surface area contributed by atoms with Crippen molar-refractivity contribution in [2.45, 2.75) is 19.4 Å². The van der Waals surface area contributed by atoms with Gasteiger partial charge in [0.25, 0.3) is 5.69 Å². The molecule has 9 nitrogen and oxygen atoms in total. The Kier molecular flexibility index (Phi) is 7.56. The number of nitrogens with one attached hydrogen (secondary N) is 2. The molecule has 178 valence electrons. The Morgan fingerprint density at radius 3 is 2.74 bits per heavy atom. The molecular weight excluding hydrogens is 436 g/mol. The molecule has 0 amide bonds. The maximum atomic E-state index is 12.3. The molecule has 2 heterocycles. The first-order valence-electron chi connectivity index (χ1n) is 11.3. The zero-order valence-electron chi connectivity index (χ0n) is 19.0. The van der Waals surface area contributed by atoms with Gasteiger partial charge in [-0.3, -0.25) is 19.8 Å². The summed E-state index contributed by atoms with van der Waals surface area (Å²) in [7, 11) is 0. The molecule has 1 fully saturated rings. The van der Waals surface area contributed by atoms with Crippen LogP contribution in [0.3, 0.4) is 0 Å². The Hall–Kier alpha value is -3.69. The average Bonchev–Trinajstić information content (AvgIpc) is 3.39. The minimum atomic E-state index is -0.403. The number of ether oxygens (including phenoxy) is 1. The molecule has 1 aliphatic rings. The van der Waals surface area contributed by atoms with Gasteiger partial charge in [-0.15, -0.1) is 0 Å². The third kappa shape index (κ3) is 5.62. The molecule has 0 spiro atoms. The largest absolute Gasteiger partial charge is 0.472 e. The molecule has 0 saturated carbocycles. The van der Waals surface area contributed by atoms with Crippen LogP contribution in [0.15, 0.2) is 65.5 Å². The van der Waals surface area contributed by atoms with E-state index in [0.717, 1.165) is 37.3 Å². The number of carbonyl (C=O) groups is 1. The molecule has 3 aromatic rings. The second-order valence-corrected chi connectivity index (χ2v) is 8.06. The monoisotopic (exact) mass is 464 g/mol. The SMILES string of the molecule is CCOC(=O)CC(c1cccc(Nc2ccc(-c3ccoc3)cc2[N+](=O)[O-])c1)N1CCNCC1. The summed E-state index contributed by atoms with van der Waals surface area (Å²) in [6.07, 6.45) is 3.33. The molecular formula is C25H28N4O5. The second-order valence-electron chi connectivity index (χ2n) is 8.06. The fourth-order valence-corrected chi connectivity index (χ4v) is 4.21. The molecule has 1 atom stereocenters. The molecule has 2 aromatic carbocycles. The van der Waals surface area contributed by atoms with Crippen molar-refractivity contribution in [1.82, 2.24) is 10.2 Å². The van der Waals surface area contributed by atoms with E-state index in [1.54, 1.807) is 25.3 Å². The lowest BCUT2D eigenvalue weighted by Gasteiger charge is -2.35. The second kappa shape index (κ2) is 11.0. The van der Waals surface area contributed by atoms with Gasteiger partial charge in [-0.25, -0.2) is 0 Å². The molecule has 1 unspecified atom stereocenters. The average molecular weight is 465 g/mol. The number of nitrogens with zero attached hydrogens (tertiary/aromatic N) is 2. The molecule has 1 saturated heterocycles. The zero-order chi connectivity index (χ0) is 23.9. The highest BCUT2D eigenvalue weighted by atomic mass is 16.6. The predicted molar refractivity (Wildman–Crippen MR) is 129 cm³/mol. The van der Waals surface area contributed by atoms with Crippen LogP contribution in [0, 0.1) is 10.1 Å². The van der Waals surface area contributed by atoms with Crippen molar-refractivity contribution >= 4 is 23.0 Å². The Morgan fingerprint density at radius 2 is 2.03 bits per heavy atom. The van der Waals surface area contributed by atoms with Crippen molar-refractivity contribution in [3.05, 3.63) is 76.7 Å². The van der Waals surface area contributed by atoms with Crippen LogP contribution in [0.25, 0.3) is 11.1 Å². The van der Waals surface area contributed by atoms with E-state index < -0.39 is 4.92 Å². The Balaban J connectivity index is 1.60. The number of benzene rings is 2. The number of hydrogen-bond donors (Lipinski definition) is 2. The van der Waals surface area contributed by atoms with E-state index in [1.807, 2.05) is 30.3 Å². The highest BCUT2D eigenvalue weighted by molar-refractivity contribution is 5.76. The van der Waals surface area contributed by atoms with Crippen LogP contribution in [0.2, 0.25) is 0 Å². The van der Waals surface area contributed by atoms with Crippen molar-refractivity contribution in [3.8, 4) is 11.1 Å². The third-order valence-corrected chi connectivity index (χ3v) is 5.86. The minimum absolute atomic E-state index is 0.0331. The van der Waals surface area contributed by atoms with E-state index >= 15 is 0 Å². The van der Waals surface area contributed by atoms with E-state index in [4.69, 9.17) is 9.15 Å². The summed E-state index contributed by atoms with van der Waals surface area (Å²) in [5.74, 6) is -0.241. The van der Waals surface area contributed by atoms with Crippen LogP contribution in [0.5, 0.6) is 0 Å². The maximum absolute atomic E-state index is 12.3. The number of furan rings is 1. The lowest BCUT2D eigenvalue weighted by molar-refractivity contribution is -0.383. The topological polar surface area (TPSA) is 110 Å². The lowest BCUT2D eigenvalue weighted by atomic mass is 10.00. The fourth-order valence-electron chi connectivity index (χ4n) is 4.21. The quantitative estimate of drug-likeness (QED) is 0.271. The molecule has 1 aromatic heterocycles. The van der Waals surface area contributed by atoms with E-state index in [0.29, 0.717) is 23.5 Å². The van der Waals surface area contributed by atoms with Crippen LogP contribution in [-0.2, 0) is 9.53 Å². The van der Waals surface area contributed by atoms with Gasteiger partial charge in [-0.1, -0.05) is 18.2 Å². The molecule has 2 N–H and O–H groups in total. The Labute approximate surface area is 197 Å². The van der Waals surface area contributed by atoms with Crippen LogP contribution >= 0.6 is 0 Å². The van der Waals surface area contributed by atoms with Crippen molar-refractivity contribution in [2.75, 3.05) is 38.1 Å². The molecule has 34 heavy (non-hydrogen) atoms. The smallest absolute Gasteiger partial charge is 0.307 e. The third-order valence-electron chi connectivity index (χ3n) is 5.86. The highest BCUT2D eigenvalue weighted by Crippen LogP contribution is 2.34. The molecule has 4 rings (SSSR count). The van der Waals surface area contributed by atoms with Crippen LogP contribution in [0.1, 0.15) is 24.9 Å². The van der Waals surface area contributed by atoms with Crippen LogP contribution in [0.4, 0.5) is 17.1 Å². The van der Waals surface area contributed by atoms with Crippen LogP contribution < -0.4 is 10.6 Å². The van der Waals surface area contributed by atoms with Crippen molar-refractivity contribution < 1.29 is 18.9 Å². The summed E-state index contributed by atoms with van der Waals surface area (Å²) in [5.41, 5.74) is 3.49. The lowest BCUT2D eigenvalue weighted by Crippen LogP contribution is -2.45. The first kappa shape index (κ1) is 23.5. The van der Waals surface area contributed by atoms with Gasteiger partial charge >= 0.3 is 5.97 Å². The Bertz CT molecular complexity index is 1130. The number of nitro groups is 1. The van der Waals surface area contributed by atoms with Gasteiger partial charge in [0.15, 0.2) is 0 Å². The van der Waals surface area contributed by atoms with Gasteiger partial charge in [-0.2, -0.15) is 0 Å². The van der Waals surface area contributed by atoms with Gasteiger partial charge < -0.3 is 19.8 Å².